The number of carbonyl (C=O) groups is 1. The third-order valence-electron chi connectivity index (χ3n) is 5.48. The number of fused-ring (bicyclic) bond motifs is 1. The van der Waals surface area contributed by atoms with E-state index in [1.807, 2.05) is 42.3 Å². The smallest absolute Gasteiger partial charge is 0.277 e. The van der Waals surface area contributed by atoms with Gasteiger partial charge in [0.05, 0.1) is 16.8 Å². The molecule has 6 heteroatoms. The monoisotopic (exact) mass is 414 g/mol. The molecule has 1 amide bonds. The van der Waals surface area contributed by atoms with Gasteiger partial charge in [0.2, 0.25) is 0 Å². The molecule has 0 aliphatic carbocycles. The van der Waals surface area contributed by atoms with E-state index in [4.69, 9.17) is 16.6 Å². The minimum atomic E-state index is 0.179. The fourth-order valence-corrected chi connectivity index (χ4v) is 5.20. The van der Waals surface area contributed by atoms with Crippen molar-refractivity contribution in [1.29, 1.82) is 0 Å². The van der Waals surface area contributed by atoms with Gasteiger partial charge in [-0.1, -0.05) is 35.9 Å². The zero-order chi connectivity index (χ0) is 19.5. The number of rotatable bonds is 5. The number of hydrogen-bond donors (Lipinski definition) is 1. The van der Waals surface area contributed by atoms with E-state index in [2.05, 4.69) is 18.2 Å². The van der Waals surface area contributed by atoms with Gasteiger partial charge in [-0.15, -0.1) is 11.3 Å². The van der Waals surface area contributed by atoms with E-state index in [-0.39, 0.29) is 5.91 Å². The SMILES string of the molecule is CN(Cc1ccc(Cl)cc1)C(=O)C[NH+]1CCCC[C@@H]1c1nc2ccccc2s1. The maximum atomic E-state index is 12.9. The number of benzene rings is 2. The number of likely N-dealkylation sites (tertiary alicyclic amines) is 1. The summed E-state index contributed by atoms with van der Waals surface area (Å²) in [7, 11) is 1.88. The molecule has 1 N–H and O–H groups in total. The molecule has 3 aromatic rings. The topological polar surface area (TPSA) is 37.6 Å². The van der Waals surface area contributed by atoms with Gasteiger partial charge in [-0.05, 0) is 42.7 Å². The van der Waals surface area contributed by atoms with Gasteiger partial charge in [-0.2, -0.15) is 0 Å². The molecule has 4 rings (SSSR count). The van der Waals surface area contributed by atoms with E-state index in [9.17, 15) is 4.79 Å². The molecule has 1 saturated heterocycles. The van der Waals surface area contributed by atoms with Crippen molar-refractivity contribution in [2.24, 2.45) is 0 Å². The Morgan fingerprint density at radius 3 is 2.79 bits per heavy atom. The van der Waals surface area contributed by atoms with Crippen LogP contribution in [0.3, 0.4) is 0 Å². The van der Waals surface area contributed by atoms with Gasteiger partial charge in [0.25, 0.3) is 5.91 Å². The standard InChI is InChI=1S/C22H24ClN3OS/c1-25(14-16-9-11-17(23)12-10-16)21(27)15-26-13-5-4-7-19(26)22-24-18-6-2-3-8-20(18)28-22/h2-3,6,8-12,19H,4-5,7,13-15H2,1H3/p+1/t19-/m1/s1. The van der Waals surface area contributed by atoms with Crippen LogP contribution in [-0.2, 0) is 11.3 Å². The second-order valence-corrected chi connectivity index (χ2v) is 9.03. The number of piperidine rings is 1. The molecule has 0 radical (unpaired) electrons. The van der Waals surface area contributed by atoms with Gasteiger partial charge in [-0.25, -0.2) is 4.98 Å². The second-order valence-electron chi connectivity index (χ2n) is 7.53. The first kappa shape index (κ1) is 19.4. The first-order valence-corrected chi connectivity index (χ1v) is 11.0. The van der Waals surface area contributed by atoms with Gasteiger partial charge >= 0.3 is 0 Å². The minimum Gasteiger partial charge on any atom is -0.337 e. The predicted octanol–water partition coefficient (Wildman–Crippen LogP) is 3.72. The third kappa shape index (κ3) is 4.37. The zero-order valence-electron chi connectivity index (χ0n) is 16.0. The van der Waals surface area contributed by atoms with Crippen LogP contribution in [0.25, 0.3) is 10.2 Å². The number of amides is 1. The lowest BCUT2D eigenvalue weighted by atomic mass is 10.0. The predicted molar refractivity (Wildman–Crippen MR) is 115 cm³/mol. The number of thiazole rings is 1. The molecular weight excluding hydrogens is 390 g/mol. The summed E-state index contributed by atoms with van der Waals surface area (Å²) in [5.74, 6) is 0.179. The Hall–Kier alpha value is -1.95. The van der Waals surface area contributed by atoms with Crippen LogP contribution >= 0.6 is 22.9 Å². The Kier molecular flexibility index (Phi) is 5.95. The molecule has 2 aromatic carbocycles. The summed E-state index contributed by atoms with van der Waals surface area (Å²) < 4.78 is 1.23. The van der Waals surface area contributed by atoms with Crippen molar-refractivity contribution in [3.63, 3.8) is 0 Å². The number of para-hydroxylation sites is 1. The lowest BCUT2D eigenvalue weighted by Gasteiger charge is -2.32. The Balaban J connectivity index is 1.45. The lowest BCUT2D eigenvalue weighted by Crippen LogP contribution is -3.14. The van der Waals surface area contributed by atoms with Gasteiger partial charge < -0.3 is 9.80 Å². The average Bonchev–Trinajstić information content (AvgIpc) is 3.14. The molecule has 1 aliphatic heterocycles. The molecule has 2 atom stereocenters. The van der Waals surface area contributed by atoms with E-state index < -0.39 is 0 Å². The van der Waals surface area contributed by atoms with Crippen LogP contribution in [0.1, 0.15) is 35.9 Å². The molecule has 0 spiro atoms. The van der Waals surface area contributed by atoms with Crippen LogP contribution in [0.15, 0.2) is 48.5 Å². The summed E-state index contributed by atoms with van der Waals surface area (Å²) in [5.41, 5.74) is 2.16. The number of hydrogen-bond acceptors (Lipinski definition) is 3. The van der Waals surface area contributed by atoms with Crippen LogP contribution in [0.2, 0.25) is 5.02 Å². The highest BCUT2D eigenvalue weighted by molar-refractivity contribution is 7.18. The molecule has 1 fully saturated rings. The van der Waals surface area contributed by atoms with E-state index in [0.29, 0.717) is 24.2 Å². The summed E-state index contributed by atoms with van der Waals surface area (Å²) in [6, 6.07) is 16.3. The lowest BCUT2D eigenvalue weighted by molar-refractivity contribution is -0.929. The zero-order valence-corrected chi connectivity index (χ0v) is 17.6. The summed E-state index contributed by atoms with van der Waals surface area (Å²) in [4.78, 5) is 20.9. The highest BCUT2D eigenvalue weighted by Crippen LogP contribution is 2.28. The van der Waals surface area contributed by atoms with E-state index in [1.165, 1.54) is 27.4 Å². The van der Waals surface area contributed by atoms with Crippen molar-refractivity contribution in [1.82, 2.24) is 9.88 Å². The normalized spacial score (nSPS) is 19.6. The van der Waals surface area contributed by atoms with E-state index >= 15 is 0 Å². The molecular formula is C22H25ClN3OS+. The fraction of sp³-hybridized carbons (Fsp3) is 0.364. The van der Waals surface area contributed by atoms with Gasteiger partial charge in [0, 0.05) is 25.0 Å². The van der Waals surface area contributed by atoms with Crippen LogP contribution in [0.4, 0.5) is 0 Å². The minimum absolute atomic E-state index is 0.179. The van der Waals surface area contributed by atoms with Crippen LogP contribution < -0.4 is 4.90 Å². The van der Waals surface area contributed by atoms with Gasteiger partial charge in [0.1, 0.15) is 6.04 Å². The molecule has 0 bridgehead atoms. The number of quaternary nitrogens is 1. The Labute approximate surface area is 174 Å². The highest BCUT2D eigenvalue weighted by atomic mass is 35.5. The van der Waals surface area contributed by atoms with E-state index in [1.54, 1.807) is 11.3 Å². The molecule has 146 valence electrons. The average molecular weight is 415 g/mol. The van der Waals surface area contributed by atoms with Crippen molar-refractivity contribution >= 4 is 39.1 Å². The summed E-state index contributed by atoms with van der Waals surface area (Å²) in [6.07, 6.45) is 3.48. The van der Waals surface area contributed by atoms with Crippen LogP contribution in [-0.4, -0.2) is 35.9 Å². The largest absolute Gasteiger partial charge is 0.337 e. The van der Waals surface area contributed by atoms with Crippen molar-refractivity contribution in [3.05, 3.63) is 64.1 Å². The number of nitrogens with zero attached hydrogens (tertiary/aromatic N) is 2. The molecule has 0 saturated carbocycles. The molecule has 1 aromatic heterocycles. The summed E-state index contributed by atoms with van der Waals surface area (Å²) >= 11 is 7.73. The maximum absolute atomic E-state index is 12.9. The summed E-state index contributed by atoms with van der Waals surface area (Å²) in [6.45, 7) is 2.15. The van der Waals surface area contributed by atoms with Gasteiger partial charge in [-0.3, -0.25) is 4.79 Å². The van der Waals surface area contributed by atoms with Gasteiger partial charge in [0.15, 0.2) is 11.6 Å². The van der Waals surface area contributed by atoms with Crippen LogP contribution in [0, 0.1) is 0 Å². The van der Waals surface area contributed by atoms with Crippen molar-refractivity contribution in [2.75, 3.05) is 20.1 Å². The number of carbonyl (C=O) groups excluding carboxylic acids is 1. The molecule has 2 heterocycles. The van der Waals surface area contributed by atoms with E-state index in [0.717, 1.165) is 24.0 Å². The van der Waals surface area contributed by atoms with Crippen molar-refractivity contribution in [3.8, 4) is 0 Å². The maximum Gasteiger partial charge on any atom is 0.277 e. The number of halogens is 1. The number of aromatic nitrogens is 1. The van der Waals surface area contributed by atoms with Crippen molar-refractivity contribution < 1.29 is 9.69 Å². The number of nitrogens with one attached hydrogen (secondary N) is 1. The molecule has 1 aliphatic rings. The second kappa shape index (κ2) is 8.60. The van der Waals surface area contributed by atoms with Crippen molar-refractivity contribution in [2.45, 2.75) is 31.8 Å². The molecule has 28 heavy (non-hydrogen) atoms. The van der Waals surface area contributed by atoms with Crippen LogP contribution in [0.5, 0.6) is 0 Å². The Morgan fingerprint density at radius 2 is 2.00 bits per heavy atom. The first-order valence-electron chi connectivity index (χ1n) is 9.78. The molecule has 1 unspecified atom stereocenters. The Morgan fingerprint density at radius 1 is 1.21 bits per heavy atom. The quantitative estimate of drug-likeness (QED) is 0.690. The molecule has 4 nitrogen and oxygen atoms in total. The number of likely N-dealkylation sites (N-methyl/N-ethyl adjacent to an activating group) is 1. The Bertz CT molecular complexity index is 923. The fourth-order valence-electron chi connectivity index (χ4n) is 3.91. The summed E-state index contributed by atoms with van der Waals surface area (Å²) in [5, 5.41) is 1.89. The highest BCUT2D eigenvalue weighted by Gasteiger charge is 2.32. The first-order chi connectivity index (χ1) is 13.6. The third-order valence-corrected chi connectivity index (χ3v) is 6.88.